The fraction of sp³-hybridized carbons (Fsp3) is 0.211. The van der Waals surface area contributed by atoms with Crippen LogP contribution in [-0.2, 0) is 4.79 Å². The van der Waals surface area contributed by atoms with Crippen LogP contribution in [0.4, 0.5) is 11.4 Å². The highest BCUT2D eigenvalue weighted by Gasteiger charge is 2.29. The molecule has 0 bridgehead atoms. The summed E-state index contributed by atoms with van der Waals surface area (Å²) in [5.41, 5.74) is 2.90. The summed E-state index contributed by atoms with van der Waals surface area (Å²) in [6, 6.07) is 12.7. The van der Waals surface area contributed by atoms with Crippen molar-refractivity contribution in [3.8, 4) is 0 Å². The summed E-state index contributed by atoms with van der Waals surface area (Å²) in [5, 5.41) is 8.77. The van der Waals surface area contributed by atoms with Crippen molar-refractivity contribution in [2.45, 2.75) is 19.8 Å². The molecular formula is C19H18BrN3O2S. The highest BCUT2D eigenvalue weighted by atomic mass is 79.9. The summed E-state index contributed by atoms with van der Waals surface area (Å²) in [4.78, 5) is 24.3. The molecule has 26 heavy (non-hydrogen) atoms. The average molecular weight is 432 g/mol. The number of nitrogens with one attached hydrogen (secondary N) is 3. The normalized spacial score (nSPS) is 13.0. The first-order valence-electron chi connectivity index (χ1n) is 8.22. The number of halogens is 1. The molecule has 0 aromatic heterocycles. The fourth-order valence-corrected chi connectivity index (χ4v) is 3.07. The van der Waals surface area contributed by atoms with Crippen LogP contribution in [0.5, 0.6) is 0 Å². The number of benzene rings is 2. The van der Waals surface area contributed by atoms with Crippen LogP contribution in [0.2, 0.25) is 0 Å². The zero-order valence-corrected chi connectivity index (χ0v) is 16.5. The summed E-state index contributed by atoms with van der Waals surface area (Å²) < 4.78 is 0.695. The van der Waals surface area contributed by atoms with E-state index in [-0.39, 0.29) is 22.8 Å². The van der Waals surface area contributed by atoms with Gasteiger partial charge < -0.3 is 10.6 Å². The van der Waals surface area contributed by atoms with Crippen molar-refractivity contribution in [2.75, 3.05) is 10.6 Å². The van der Waals surface area contributed by atoms with E-state index in [0.29, 0.717) is 15.7 Å². The summed E-state index contributed by atoms with van der Waals surface area (Å²) in [6.07, 6.45) is 1.90. The quantitative estimate of drug-likeness (QED) is 0.633. The second-order valence-electron chi connectivity index (χ2n) is 6.18. The lowest BCUT2D eigenvalue weighted by Gasteiger charge is -2.13. The highest BCUT2D eigenvalue weighted by molar-refractivity contribution is 9.10. The number of thiocarbonyl (C=S) groups is 1. The first-order valence-corrected chi connectivity index (χ1v) is 9.42. The standard InChI is InChI=1S/C19H18BrN3O2S/c1-11-6-9-13(10-16(11)22-17(24)12-7-8-12)21-19(26)23-18(25)14-4-2-3-5-15(14)20/h2-6,9-10,12H,7-8H2,1H3,(H,22,24)(H2,21,23,25,26). The van der Waals surface area contributed by atoms with Crippen molar-refractivity contribution >= 4 is 56.4 Å². The third kappa shape index (κ3) is 4.68. The Morgan fingerprint density at radius 3 is 2.54 bits per heavy atom. The molecule has 0 aliphatic heterocycles. The number of amides is 2. The van der Waals surface area contributed by atoms with Crippen LogP contribution in [0.25, 0.3) is 0 Å². The van der Waals surface area contributed by atoms with Crippen LogP contribution in [0, 0.1) is 12.8 Å². The van der Waals surface area contributed by atoms with E-state index in [1.165, 1.54) is 0 Å². The lowest BCUT2D eigenvalue weighted by Crippen LogP contribution is -2.34. The van der Waals surface area contributed by atoms with Gasteiger partial charge in [-0.2, -0.15) is 0 Å². The molecule has 3 N–H and O–H groups in total. The SMILES string of the molecule is Cc1ccc(NC(=S)NC(=O)c2ccccc2Br)cc1NC(=O)C1CC1. The van der Waals surface area contributed by atoms with Gasteiger partial charge in [-0.15, -0.1) is 0 Å². The van der Waals surface area contributed by atoms with Gasteiger partial charge in [-0.05, 0) is 77.7 Å². The Bertz CT molecular complexity index is 881. The first-order chi connectivity index (χ1) is 12.4. The Morgan fingerprint density at radius 2 is 1.85 bits per heavy atom. The van der Waals surface area contributed by atoms with Crippen molar-refractivity contribution in [1.29, 1.82) is 0 Å². The van der Waals surface area contributed by atoms with E-state index in [2.05, 4.69) is 31.9 Å². The van der Waals surface area contributed by atoms with Gasteiger partial charge in [0.25, 0.3) is 5.91 Å². The van der Waals surface area contributed by atoms with Crippen molar-refractivity contribution in [1.82, 2.24) is 5.32 Å². The van der Waals surface area contributed by atoms with Crippen LogP contribution in [-0.4, -0.2) is 16.9 Å². The predicted molar refractivity (Wildman–Crippen MR) is 110 cm³/mol. The van der Waals surface area contributed by atoms with Gasteiger partial charge in [-0.1, -0.05) is 18.2 Å². The minimum atomic E-state index is -0.302. The Kier molecular flexibility index (Phi) is 5.68. The zero-order valence-electron chi connectivity index (χ0n) is 14.1. The third-order valence-corrected chi connectivity index (χ3v) is 4.94. The van der Waals surface area contributed by atoms with E-state index in [1.54, 1.807) is 18.2 Å². The molecular weight excluding hydrogens is 414 g/mol. The lowest BCUT2D eigenvalue weighted by molar-refractivity contribution is -0.117. The van der Waals surface area contributed by atoms with Gasteiger partial charge in [0.15, 0.2) is 5.11 Å². The Balaban J connectivity index is 1.64. The number of carbonyl (C=O) groups excluding carboxylic acids is 2. The van der Waals surface area contributed by atoms with E-state index >= 15 is 0 Å². The Hall–Kier alpha value is -2.25. The molecule has 5 nitrogen and oxygen atoms in total. The smallest absolute Gasteiger partial charge is 0.258 e. The summed E-state index contributed by atoms with van der Waals surface area (Å²) in [5.74, 6) is -0.116. The van der Waals surface area contributed by atoms with Crippen molar-refractivity contribution in [3.63, 3.8) is 0 Å². The van der Waals surface area contributed by atoms with E-state index in [4.69, 9.17) is 12.2 Å². The summed E-state index contributed by atoms with van der Waals surface area (Å²) >= 11 is 8.57. The molecule has 0 heterocycles. The number of rotatable bonds is 4. The molecule has 0 unspecified atom stereocenters. The van der Waals surface area contributed by atoms with Gasteiger partial charge >= 0.3 is 0 Å². The van der Waals surface area contributed by atoms with Crippen molar-refractivity contribution < 1.29 is 9.59 Å². The average Bonchev–Trinajstić information content (AvgIpc) is 3.43. The predicted octanol–water partition coefficient (Wildman–Crippen LogP) is 4.23. The van der Waals surface area contributed by atoms with Gasteiger partial charge in [0.2, 0.25) is 5.91 Å². The number of hydrogen-bond acceptors (Lipinski definition) is 3. The van der Waals surface area contributed by atoms with Gasteiger partial charge in [0.05, 0.1) is 5.56 Å². The molecule has 2 aromatic rings. The van der Waals surface area contributed by atoms with Crippen LogP contribution in [0.1, 0.15) is 28.8 Å². The maximum absolute atomic E-state index is 12.3. The second-order valence-corrected chi connectivity index (χ2v) is 7.44. The largest absolute Gasteiger partial charge is 0.332 e. The molecule has 1 aliphatic carbocycles. The van der Waals surface area contributed by atoms with Gasteiger partial charge in [0, 0.05) is 21.8 Å². The molecule has 1 fully saturated rings. The fourth-order valence-electron chi connectivity index (χ4n) is 2.39. The van der Waals surface area contributed by atoms with Gasteiger partial charge in [-0.3, -0.25) is 14.9 Å². The van der Waals surface area contributed by atoms with Crippen LogP contribution >= 0.6 is 28.1 Å². The summed E-state index contributed by atoms with van der Waals surface area (Å²) in [6.45, 7) is 1.93. The van der Waals surface area contributed by atoms with Gasteiger partial charge in [0.1, 0.15) is 0 Å². The number of carbonyl (C=O) groups is 2. The van der Waals surface area contributed by atoms with E-state index < -0.39 is 0 Å². The third-order valence-electron chi connectivity index (χ3n) is 4.05. The molecule has 3 rings (SSSR count). The molecule has 1 saturated carbocycles. The van der Waals surface area contributed by atoms with Crippen LogP contribution < -0.4 is 16.0 Å². The zero-order chi connectivity index (χ0) is 18.7. The lowest BCUT2D eigenvalue weighted by atomic mass is 10.1. The topological polar surface area (TPSA) is 70.2 Å². The molecule has 2 aromatic carbocycles. The molecule has 134 valence electrons. The number of aryl methyl sites for hydroxylation is 1. The molecule has 0 spiro atoms. The van der Waals surface area contributed by atoms with Crippen molar-refractivity contribution in [2.24, 2.45) is 5.92 Å². The second kappa shape index (κ2) is 7.97. The molecule has 7 heteroatoms. The number of anilines is 2. The first kappa shape index (κ1) is 18.5. The van der Waals surface area contributed by atoms with E-state index in [1.807, 2.05) is 31.2 Å². The molecule has 2 amide bonds. The monoisotopic (exact) mass is 431 g/mol. The Labute approximate surface area is 165 Å². The van der Waals surface area contributed by atoms with Crippen LogP contribution in [0.3, 0.4) is 0 Å². The minimum absolute atomic E-state index is 0.0510. The highest BCUT2D eigenvalue weighted by Crippen LogP contribution is 2.31. The molecule has 0 saturated heterocycles. The Morgan fingerprint density at radius 1 is 1.12 bits per heavy atom. The van der Waals surface area contributed by atoms with E-state index in [9.17, 15) is 9.59 Å². The molecule has 0 atom stereocenters. The van der Waals surface area contributed by atoms with Crippen molar-refractivity contribution in [3.05, 3.63) is 58.1 Å². The number of hydrogen-bond donors (Lipinski definition) is 3. The van der Waals surface area contributed by atoms with Crippen LogP contribution in [0.15, 0.2) is 46.9 Å². The minimum Gasteiger partial charge on any atom is -0.332 e. The molecule has 1 aliphatic rings. The van der Waals surface area contributed by atoms with Gasteiger partial charge in [-0.25, -0.2) is 0 Å². The maximum Gasteiger partial charge on any atom is 0.258 e. The maximum atomic E-state index is 12.3. The van der Waals surface area contributed by atoms with E-state index in [0.717, 1.165) is 24.1 Å². The molecule has 0 radical (unpaired) electrons. The summed E-state index contributed by atoms with van der Waals surface area (Å²) in [7, 11) is 0.